The lowest BCUT2D eigenvalue weighted by Gasteiger charge is -2.14. The van der Waals surface area contributed by atoms with Crippen molar-refractivity contribution in [1.82, 2.24) is 20.2 Å². The summed E-state index contributed by atoms with van der Waals surface area (Å²) < 4.78 is 5.54. The fourth-order valence-corrected chi connectivity index (χ4v) is 2.86. The lowest BCUT2D eigenvalue weighted by Crippen LogP contribution is -2.03. The highest BCUT2D eigenvalue weighted by molar-refractivity contribution is 5.89. The molecule has 26 heavy (non-hydrogen) atoms. The molecule has 7 nitrogen and oxygen atoms in total. The van der Waals surface area contributed by atoms with E-state index in [1.54, 1.807) is 12.4 Å². The van der Waals surface area contributed by atoms with Crippen LogP contribution in [0.3, 0.4) is 0 Å². The highest BCUT2D eigenvalue weighted by Gasteiger charge is 2.13. The average molecular weight is 342 g/mol. The smallest absolute Gasteiger partial charge is 0.162 e. The van der Waals surface area contributed by atoms with E-state index in [0.717, 1.165) is 33.7 Å². The number of H-pyrrole nitrogens is 1. The Balaban J connectivity index is 1.58. The van der Waals surface area contributed by atoms with E-state index in [4.69, 9.17) is 4.74 Å². The van der Waals surface area contributed by atoms with Gasteiger partial charge >= 0.3 is 0 Å². The summed E-state index contributed by atoms with van der Waals surface area (Å²) in [5, 5.41) is 10.4. The topological polar surface area (TPSA) is 88.1 Å². The van der Waals surface area contributed by atoms with Gasteiger partial charge in [0.15, 0.2) is 11.6 Å². The van der Waals surface area contributed by atoms with Crippen LogP contribution >= 0.6 is 0 Å². The molecule has 2 aromatic carbocycles. The Morgan fingerprint density at radius 2 is 1.96 bits per heavy atom. The second-order valence-corrected chi connectivity index (χ2v) is 5.82. The van der Waals surface area contributed by atoms with Gasteiger partial charge in [-0.25, -0.2) is 9.97 Å². The first kappa shape index (κ1) is 14.6. The molecule has 0 saturated heterocycles. The number of aliphatic imine (C=N–C) groups is 1. The second kappa shape index (κ2) is 5.96. The largest absolute Gasteiger partial charge is 0.486 e. The first-order valence-electron chi connectivity index (χ1n) is 8.20. The number of fused-ring (bicyclic) bond motifs is 2. The molecule has 1 aliphatic rings. The van der Waals surface area contributed by atoms with E-state index in [1.165, 1.54) is 0 Å². The maximum atomic E-state index is 5.54. The Labute approximate surface area is 148 Å². The highest BCUT2D eigenvalue weighted by atomic mass is 16.5. The van der Waals surface area contributed by atoms with Crippen molar-refractivity contribution in [2.45, 2.75) is 0 Å². The lowest BCUT2D eigenvalue weighted by molar-refractivity contribution is 0.377. The van der Waals surface area contributed by atoms with Gasteiger partial charge in [-0.3, -0.25) is 10.1 Å². The Morgan fingerprint density at radius 3 is 2.88 bits per heavy atom. The molecule has 0 radical (unpaired) electrons. The Morgan fingerprint density at radius 1 is 1.04 bits per heavy atom. The summed E-state index contributed by atoms with van der Waals surface area (Å²) in [5.74, 6) is 2.07. The van der Waals surface area contributed by atoms with Crippen molar-refractivity contribution in [3.05, 3.63) is 54.7 Å². The third-order valence-electron chi connectivity index (χ3n) is 4.10. The van der Waals surface area contributed by atoms with Gasteiger partial charge in [0.05, 0.1) is 6.20 Å². The van der Waals surface area contributed by atoms with Crippen LogP contribution in [0.4, 0.5) is 17.2 Å². The molecule has 4 aromatic rings. The third kappa shape index (κ3) is 2.55. The van der Waals surface area contributed by atoms with Crippen LogP contribution < -0.4 is 10.1 Å². The maximum Gasteiger partial charge on any atom is 0.162 e. The summed E-state index contributed by atoms with van der Waals surface area (Å²) >= 11 is 0. The Hall–Kier alpha value is -3.74. The molecule has 0 amide bonds. The van der Waals surface area contributed by atoms with Crippen LogP contribution in [0.1, 0.15) is 0 Å². The number of rotatable bonds is 3. The van der Waals surface area contributed by atoms with Crippen LogP contribution in [0.5, 0.6) is 5.75 Å². The molecule has 0 unspecified atom stereocenters. The molecule has 126 valence electrons. The van der Waals surface area contributed by atoms with Gasteiger partial charge in [-0.2, -0.15) is 5.10 Å². The van der Waals surface area contributed by atoms with E-state index in [-0.39, 0.29) is 0 Å². The number of hydrogen-bond donors (Lipinski definition) is 2. The van der Waals surface area contributed by atoms with Gasteiger partial charge < -0.3 is 10.1 Å². The van der Waals surface area contributed by atoms with E-state index in [0.29, 0.717) is 18.2 Å². The number of nitrogens with zero attached hydrogens (tertiary/aromatic N) is 4. The zero-order valence-electron chi connectivity index (χ0n) is 13.7. The van der Waals surface area contributed by atoms with E-state index >= 15 is 0 Å². The zero-order chi connectivity index (χ0) is 17.3. The predicted molar refractivity (Wildman–Crippen MR) is 100 cm³/mol. The average Bonchev–Trinajstić information content (AvgIpc) is 3.18. The number of aromatic amines is 1. The molecule has 3 heterocycles. The normalized spacial score (nSPS) is 12.6. The standard InChI is InChI=1S/C19H14N6O/c1-2-4-12(5-3-1)18-23-15-11-21-25-17(15)19(24-18)22-13-6-7-16-14(10-13)20-8-9-26-16/h1-8,10-11H,9H2,(H,21,25)(H,22,23,24). The fraction of sp³-hybridized carbons (Fsp3) is 0.0526. The van der Waals surface area contributed by atoms with Crippen molar-refractivity contribution in [3.63, 3.8) is 0 Å². The van der Waals surface area contributed by atoms with Gasteiger partial charge in [-0.05, 0) is 18.2 Å². The van der Waals surface area contributed by atoms with Crippen LogP contribution in [0.25, 0.3) is 22.4 Å². The molecule has 2 aromatic heterocycles. The van der Waals surface area contributed by atoms with Crippen molar-refractivity contribution >= 4 is 34.4 Å². The van der Waals surface area contributed by atoms with E-state index in [2.05, 4.69) is 30.5 Å². The summed E-state index contributed by atoms with van der Waals surface area (Å²) in [6.45, 7) is 0.501. The minimum atomic E-state index is 0.501. The minimum absolute atomic E-state index is 0.501. The predicted octanol–water partition coefficient (Wildman–Crippen LogP) is 3.86. The molecule has 0 atom stereocenters. The summed E-state index contributed by atoms with van der Waals surface area (Å²) in [6, 6.07) is 15.6. The third-order valence-corrected chi connectivity index (χ3v) is 4.10. The van der Waals surface area contributed by atoms with Crippen molar-refractivity contribution in [2.24, 2.45) is 4.99 Å². The zero-order valence-corrected chi connectivity index (χ0v) is 13.7. The number of hydrogen-bond acceptors (Lipinski definition) is 6. The summed E-state index contributed by atoms with van der Waals surface area (Å²) in [7, 11) is 0. The first-order valence-corrected chi connectivity index (χ1v) is 8.20. The second-order valence-electron chi connectivity index (χ2n) is 5.82. The van der Waals surface area contributed by atoms with Crippen molar-refractivity contribution in [3.8, 4) is 17.1 Å². The maximum absolute atomic E-state index is 5.54. The molecule has 1 aliphatic heterocycles. The summed E-state index contributed by atoms with van der Waals surface area (Å²) in [6.07, 6.45) is 3.44. The number of nitrogens with one attached hydrogen (secondary N) is 2. The fourth-order valence-electron chi connectivity index (χ4n) is 2.86. The number of ether oxygens (including phenoxy) is 1. The molecular formula is C19H14N6O. The molecule has 0 bridgehead atoms. The minimum Gasteiger partial charge on any atom is -0.486 e. The van der Waals surface area contributed by atoms with Gasteiger partial charge in [-0.15, -0.1) is 0 Å². The molecule has 0 spiro atoms. The van der Waals surface area contributed by atoms with Gasteiger partial charge in [0, 0.05) is 17.5 Å². The van der Waals surface area contributed by atoms with Crippen molar-refractivity contribution in [1.29, 1.82) is 0 Å². The quantitative estimate of drug-likeness (QED) is 0.590. The first-order chi connectivity index (χ1) is 12.9. The van der Waals surface area contributed by atoms with E-state index in [9.17, 15) is 0 Å². The molecule has 0 fully saturated rings. The van der Waals surface area contributed by atoms with E-state index < -0.39 is 0 Å². The van der Waals surface area contributed by atoms with Crippen molar-refractivity contribution in [2.75, 3.05) is 11.9 Å². The Kier molecular flexibility index (Phi) is 3.35. The molecule has 0 aliphatic carbocycles. The van der Waals surface area contributed by atoms with Crippen LogP contribution in [-0.4, -0.2) is 33.0 Å². The monoisotopic (exact) mass is 342 g/mol. The van der Waals surface area contributed by atoms with Crippen LogP contribution in [0, 0.1) is 0 Å². The molecule has 0 saturated carbocycles. The van der Waals surface area contributed by atoms with Crippen molar-refractivity contribution < 1.29 is 4.74 Å². The van der Waals surface area contributed by atoms with Crippen LogP contribution in [0.2, 0.25) is 0 Å². The van der Waals surface area contributed by atoms with Gasteiger partial charge in [-0.1, -0.05) is 30.3 Å². The van der Waals surface area contributed by atoms with Gasteiger partial charge in [0.1, 0.15) is 29.1 Å². The molecule has 7 heteroatoms. The van der Waals surface area contributed by atoms with E-state index in [1.807, 2.05) is 48.5 Å². The van der Waals surface area contributed by atoms with Crippen LogP contribution in [-0.2, 0) is 0 Å². The number of aromatic nitrogens is 4. The van der Waals surface area contributed by atoms with Gasteiger partial charge in [0.25, 0.3) is 0 Å². The van der Waals surface area contributed by atoms with Crippen LogP contribution in [0.15, 0.2) is 59.7 Å². The van der Waals surface area contributed by atoms with Gasteiger partial charge in [0.2, 0.25) is 0 Å². The SMILES string of the molecule is C1=Nc2cc(Nc3nc(-c4ccccc4)nc4cn[nH]c34)ccc2OC1. The Bertz CT molecular complexity index is 1120. The highest BCUT2D eigenvalue weighted by Crippen LogP contribution is 2.34. The lowest BCUT2D eigenvalue weighted by atomic mass is 10.2. The number of benzene rings is 2. The summed E-state index contributed by atoms with van der Waals surface area (Å²) in [5.41, 5.74) is 4.10. The molecular weight excluding hydrogens is 328 g/mol. The molecule has 2 N–H and O–H groups in total. The number of anilines is 2. The summed E-state index contributed by atoms with van der Waals surface area (Å²) in [4.78, 5) is 13.6. The molecule has 5 rings (SSSR count).